The lowest BCUT2D eigenvalue weighted by atomic mass is 10.2. The van der Waals surface area contributed by atoms with E-state index in [1.165, 1.54) is 0 Å². The molecule has 0 unspecified atom stereocenters. The zero-order valence-corrected chi connectivity index (χ0v) is 12.7. The third kappa shape index (κ3) is 3.27. The van der Waals surface area contributed by atoms with E-state index in [1.54, 1.807) is 37.8 Å². The highest BCUT2D eigenvalue weighted by Gasteiger charge is 2.14. The molecule has 2 aromatic rings. The number of carboxylic acid groups (broad SMARTS) is 1. The molecule has 1 aromatic heterocycles. The summed E-state index contributed by atoms with van der Waals surface area (Å²) in [5.74, 6) is 0.879. The van der Waals surface area contributed by atoms with Gasteiger partial charge in [-0.15, -0.1) is 10.2 Å². The highest BCUT2D eigenvalue weighted by atomic mass is 32.2. The number of nitrogens with zero attached hydrogens (tertiary/aromatic N) is 3. The lowest BCUT2D eigenvalue weighted by molar-refractivity contribution is -0.133. The van der Waals surface area contributed by atoms with Gasteiger partial charge in [0.2, 0.25) is 0 Å². The van der Waals surface area contributed by atoms with E-state index in [9.17, 15) is 4.79 Å². The number of ether oxygens (including phenoxy) is 2. The molecule has 7 nitrogen and oxygen atoms in total. The smallest absolute Gasteiger partial charge is 0.313 e. The Balaban J connectivity index is 2.41. The van der Waals surface area contributed by atoms with Crippen LogP contribution in [0.4, 0.5) is 0 Å². The number of methoxy groups -OCH3 is 2. The zero-order chi connectivity index (χ0) is 15.4. The van der Waals surface area contributed by atoms with Crippen molar-refractivity contribution in [2.24, 2.45) is 0 Å². The van der Waals surface area contributed by atoms with Crippen LogP contribution >= 0.6 is 11.8 Å². The van der Waals surface area contributed by atoms with Crippen LogP contribution in [-0.2, 0) is 4.79 Å². The molecule has 0 saturated heterocycles. The zero-order valence-electron chi connectivity index (χ0n) is 11.9. The average Bonchev–Trinajstić information content (AvgIpc) is 2.85. The predicted octanol–water partition coefficient (Wildman–Crippen LogP) is 1.77. The Hall–Kier alpha value is -2.22. The average molecular weight is 309 g/mol. The number of thioether (sulfide) groups is 1. The first-order valence-corrected chi connectivity index (χ1v) is 7.04. The van der Waals surface area contributed by atoms with Crippen molar-refractivity contribution in [1.29, 1.82) is 0 Å². The second-order valence-electron chi connectivity index (χ2n) is 4.09. The van der Waals surface area contributed by atoms with Crippen LogP contribution in [-0.4, -0.2) is 45.8 Å². The minimum absolute atomic E-state index is 0.0780. The van der Waals surface area contributed by atoms with Gasteiger partial charge in [-0.05, 0) is 19.1 Å². The molecular formula is C13H15N3O4S. The van der Waals surface area contributed by atoms with Gasteiger partial charge >= 0.3 is 5.97 Å². The van der Waals surface area contributed by atoms with Crippen LogP contribution in [0.25, 0.3) is 5.69 Å². The quantitative estimate of drug-likeness (QED) is 0.814. The molecule has 0 saturated carbocycles. The normalized spacial score (nSPS) is 10.4. The molecule has 0 aliphatic rings. The summed E-state index contributed by atoms with van der Waals surface area (Å²) in [4.78, 5) is 10.7. The summed E-state index contributed by atoms with van der Waals surface area (Å²) in [6, 6.07) is 5.40. The fourth-order valence-electron chi connectivity index (χ4n) is 1.82. The monoisotopic (exact) mass is 309 g/mol. The van der Waals surface area contributed by atoms with Crippen LogP contribution in [0.15, 0.2) is 23.4 Å². The van der Waals surface area contributed by atoms with Crippen molar-refractivity contribution in [3.63, 3.8) is 0 Å². The molecule has 8 heteroatoms. The second-order valence-corrected chi connectivity index (χ2v) is 5.03. The van der Waals surface area contributed by atoms with E-state index in [4.69, 9.17) is 14.6 Å². The summed E-state index contributed by atoms with van der Waals surface area (Å²) >= 11 is 1.11. The van der Waals surface area contributed by atoms with E-state index < -0.39 is 5.97 Å². The maximum atomic E-state index is 10.7. The van der Waals surface area contributed by atoms with Gasteiger partial charge < -0.3 is 14.6 Å². The van der Waals surface area contributed by atoms with Gasteiger partial charge in [0, 0.05) is 6.07 Å². The minimum Gasteiger partial charge on any atom is -0.493 e. The Morgan fingerprint density at radius 1 is 1.29 bits per heavy atom. The molecule has 0 bridgehead atoms. The Morgan fingerprint density at radius 3 is 2.62 bits per heavy atom. The second kappa shape index (κ2) is 6.49. The summed E-state index contributed by atoms with van der Waals surface area (Å²) < 4.78 is 12.2. The molecule has 0 spiro atoms. The third-order valence-corrected chi connectivity index (χ3v) is 3.66. The van der Waals surface area contributed by atoms with Crippen LogP contribution in [0.2, 0.25) is 0 Å². The molecule has 1 N–H and O–H groups in total. The Bertz CT molecular complexity index is 657. The third-order valence-electron chi connectivity index (χ3n) is 2.75. The summed E-state index contributed by atoms with van der Waals surface area (Å²) in [7, 11) is 3.12. The highest BCUT2D eigenvalue weighted by Crippen LogP contribution is 2.31. The van der Waals surface area contributed by atoms with Crippen molar-refractivity contribution in [1.82, 2.24) is 14.8 Å². The maximum absolute atomic E-state index is 10.7. The van der Waals surface area contributed by atoms with Gasteiger partial charge in [0.1, 0.15) is 5.82 Å². The number of benzene rings is 1. The molecule has 0 radical (unpaired) electrons. The summed E-state index contributed by atoms with van der Waals surface area (Å²) in [6.45, 7) is 1.80. The number of aromatic nitrogens is 3. The van der Waals surface area contributed by atoms with Gasteiger partial charge in [0.05, 0.1) is 25.7 Å². The van der Waals surface area contributed by atoms with Gasteiger partial charge in [-0.25, -0.2) is 0 Å². The number of carboxylic acids is 1. The Labute approximate surface area is 125 Å². The molecule has 1 aromatic carbocycles. The van der Waals surface area contributed by atoms with Crippen LogP contribution in [0.5, 0.6) is 11.5 Å². The van der Waals surface area contributed by atoms with E-state index in [1.807, 2.05) is 6.07 Å². The number of hydrogen-bond acceptors (Lipinski definition) is 6. The van der Waals surface area contributed by atoms with E-state index in [0.29, 0.717) is 22.5 Å². The summed E-state index contributed by atoms with van der Waals surface area (Å²) in [6.07, 6.45) is 0. The number of hydrogen-bond donors (Lipinski definition) is 1. The number of aryl methyl sites for hydroxylation is 1. The molecular weight excluding hydrogens is 294 g/mol. The van der Waals surface area contributed by atoms with Crippen molar-refractivity contribution in [3.8, 4) is 17.2 Å². The van der Waals surface area contributed by atoms with E-state index >= 15 is 0 Å². The van der Waals surface area contributed by atoms with E-state index in [2.05, 4.69) is 10.2 Å². The molecule has 1 heterocycles. The maximum Gasteiger partial charge on any atom is 0.313 e. The van der Waals surface area contributed by atoms with Crippen molar-refractivity contribution in [2.45, 2.75) is 12.1 Å². The molecule has 0 amide bonds. The lowest BCUT2D eigenvalue weighted by Crippen LogP contribution is -2.03. The van der Waals surface area contributed by atoms with Crippen molar-refractivity contribution in [3.05, 3.63) is 24.0 Å². The first kappa shape index (κ1) is 15.2. The standard InChI is InChI=1S/C13H15N3O4S/c1-8-14-15-13(21-7-12(17)18)16(8)9-4-5-10(19-2)11(6-9)20-3/h4-6H,7H2,1-3H3,(H,17,18). The predicted molar refractivity (Wildman–Crippen MR) is 77.6 cm³/mol. The lowest BCUT2D eigenvalue weighted by Gasteiger charge is -2.12. The van der Waals surface area contributed by atoms with Crippen LogP contribution in [0.3, 0.4) is 0 Å². The first-order valence-electron chi connectivity index (χ1n) is 6.05. The van der Waals surface area contributed by atoms with Gasteiger partial charge in [0.25, 0.3) is 0 Å². The van der Waals surface area contributed by atoms with Crippen molar-refractivity contribution >= 4 is 17.7 Å². The van der Waals surface area contributed by atoms with E-state index in [0.717, 1.165) is 17.4 Å². The van der Waals surface area contributed by atoms with Crippen LogP contribution in [0.1, 0.15) is 5.82 Å². The topological polar surface area (TPSA) is 86.5 Å². The Morgan fingerprint density at radius 2 is 2.00 bits per heavy atom. The number of rotatable bonds is 6. The first-order chi connectivity index (χ1) is 10.1. The number of aliphatic carboxylic acids is 1. The SMILES string of the molecule is COc1ccc(-n2c(C)nnc2SCC(=O)O)cc1OC. The molecule has 2 rings (SSSR count). The minimum atomic E-state index is -0.903. The molecule has 0 atom stereocenters. The van der Waals surface area contributed by atoms with Gasteiger partial charge in [-0.3, -0.25) is 9.36 Å². The molecule has 0 aliphatic heterocycles. The molecule has 0 fully saturated rings. The molecule has 0 aliphatic carbocycles. The Kier molecular flexibility index (Phi) is 4.69. The van der Waals surface area contributed by atoms with Crippen LogP contribution < -0.4 is 9.47 Å². The molecule has 112 valence electrons. The van der Waals surface area contributed by atoms with Crippen molar-refractivity contribution in [2.75, 3.05) is 20.0 Å². The molecule has 21 heavy (non-hydrogen) atoms. The van der Waals surface area contributed by atoms with Gasteiger partial charge in [-0.2, -0.15) is 0 Å². The summed E-state index contributed by atoms with van der Waals surface area (Å²) in [5, 5.41) is 17.3. The van der Waals surface area contributed by atoms with E-state index in [-0.39, 0.29) is 5.75 Å². The van der Waals surface area contributed by atoms with Gasteiger partial charge in [-0.1, -0.05) is 11.8 Å². The highest BCUT2D eigenvalue weighted by molar-refractivity contribution is 7.99. The largest absolute Gasteiger partial charge is 0.493 e. The fraction of sp³-hybridized carbons (Fsp3) is 0.308. The fourth-order valence-corrected chi connectivity index (χ4v) is 2.54. The van der Waals surface area contributed by atoms with Gasteiger partial charge in [0.15, 0.2) is 16.7 Å². The van der Waals surface area contributed by atoms with Crippen molar-refractivity contribution < 1.29 is 19.4 Å². The summed E-state index contributed by atoms with van der Waals surface area (Å²) in [5.41, 5.74) is 0.781. The van der Waals surface area contributed by atoms with Crippen LogP contribution in [0, 0.1) is 6.92 Å². The number of carbonyl (C=O) groups is 1.